The molecular formula is C22H25N3O2. The van der Waals surface area contributed by atoms with Crippen molar-refractivity contribution in [1.82, 2.24) is 15.5 Å². The third-order valence-corrected chi connectivity index (χ3v) is 4.23. The van der Waals surface area contributed by atoms with E-state index < -0.39 is 0 Å². The van der Waals surface area contributed by atoms with Crippen LogP contribution in [0, 0.1) is 12.8 Å². The average Bonchev–Trinajstić information content (AvgIpc) is 3.11. The van der Waals surface area contributed by atoms with Crippen molar-refractivity contribution in [2.45, 2.75) is 39.7 Å². The monoisotopic (exact) mass is 363 g/mol. The largest absolute Gasteiger partial charge is 0.344 e. The zero-order valence-corrected chi connectivity index (χ0v) is 16.0. The summed E-state index contributed by atoms with van der Waals surface area (Å²) in [6, 6.07) is 17.6. The zero-order chi connectivity index (χ0) is 19.2. The number of carbonyl (C=O) groups is 1. The number of nitrogens with one attached hydrogen (secondary N) is 1. The van der Waals surface area contributed by atoms with Crippen molar-refractivity contribution >= 4 is 5.91 Å². The number of hydrogen-bond acceptors (Lipinski definition) is 4. The quantitative estimate of drug-likeness (QED) is 0.671. The number of aryl methyl sites for hydroxylation is 1. The van der Waals surface area contributed by atoms with Crippen molar-refractivity contribution in [3.63, 3.8) is 0 Å². The Morgan fingerprint density at radius 2 is 1.89 bits per heavy atom. The summed E-state index contributed by atoms with van der Waals surface area (Å²) in [6.07, 6.45) is 1.06. The lowest BCUT2D eigenvalue weighted by atomic mass is 10.0. The maximum atomic E-state index is 12.3. The first-order valence-electron chi connectivity index (χ1n) is 9.25. The lowest BCUT2D eigenvalue weighted by molar-refractivity contribution is -0.122. The van der Waals surface area contributed by atoms with Gasteiger partial charge in [-0.3, -0.25) is 4.79 Å². The van der Waals surface area contributed by atoms with Gasteiger partial charge in [-0.05, 0) is 24.5 Å². The third kappa shape index (κ3) is 5.26. The standard InChI is InChI=1S/C22H25N3O2/c1-15(2)12-20(26)23-19(14-17-9-5-4-6-10-17)22-24-21(25-27-22)18-11-7-8-16(3)13-18/h4-11,13,15,19H,12,14H2,1-3H3,(H,23,26)/t19-/m1/s1. The van der Waals surface area contributed by atoms with E-state index in [-0.39, 0.29) is 17.9 Å². The Morgan fingerprint density at radius 3 is 2.59 bits per heavy atom. The van der Waals surface area contributed by atoms with Gasteiger partial charge in [-0.15, -0.1) is 0 Å². The van der Waals surface area contributed by atoms with E-state index in [1.165, 1.54) is 0 Å². The van der Waals surface area contributed by atoms with Crippen LogP contribution >= 0.6 is 0 Å². The molecule has 1 amide bonds. The topological polar surface area (TPSA) is 68.0 Å². The Bertz CT molecular complexity index is 887. The summed E-state index contributed by atoms with van der Waals surface area (Å²) in [7, 11) is 0. The summed E-state index contributed by atoms with van der Waals surface area (Å²) in [5.41, 5.74) is 3.13. The molecule has 0 aliphatic rings. The van der Waals surface area contributed by atoms with Crippen molar-refractivity contribution in [2.24, 2.45) is 5.92 Å². The van der Waals surface area contributed by atoms with Crippen LogP contribution in [0.5, 0.6) is 0 Å². The Balaban J connectivity index is 1.84. The first-order valence-corrected chi connectivity index (χ1v) is 9.25. The van der Waals surface area contributed by atoms with Crippen LogP contribution in [0.1, 0.15) is 43.3 Å². The summed E-state index contributed by atoms with van der Waals surface area (Å²) < 4.78 is 5.52. The van der Waals surface area contributed by atoms with Crippen LogP contribution in [0.4, 0.5) is 0 Å². The second kappa shape index (κ2) is 8.62. The molecule has 0 spiro atoms. The maximum Gasteiger partial charge on any atom is 0.249 e. The van der Waals surface area contributed by atoms with E-state index in [0.717, 1.165) is 16.7 Å². The van der Waals surface area contributed by atoms with Gasteiger partial charge in [0, 0.05) is 18.4 Å². The zero-order valence-electron chi connectivity index (χ0n) is 16.0. The van der Waals surface area contributed by atoms with Crippen LogP contribution in [0.15, 0.2) is 59.1 Å². The van der Waals surface area contributed by atoms with E-state index in [2.05, 4.69) is 15.5 Å². The third-order valence-electron chi connectivity index (χ3n) is 4.23. The van der Waals surface area contributed by atoms with Gasteiger partial charge < -0.3 is 9.84 Å². The number of nitrogens with zero attached hydrogens (tertiary/aromatic N) is 2. The predicted octanol–water partition coefficient (Wildman–Crippen LogP) is 4.49. The molecule has 0 unspecified atom stereocenters. The van der Waals surface area contributed by atoms with Crippen LogP contribution in [0.2, 0.25) is 0 Å². The lowest BCUT2D eigenvalue weighted by Crippen LogP contribution is -2.31. The average molecular weight is 363 g/mol. The minimum atomic E-state index is -0.357. The number of amides is 1. The molecule has 3 rings (SSSR count). The Kier molecular flexibility index (Phi) is 6.01. The van der Waals surface area contributed by atoms with Gasteiger partial charge in [0.2, 0.25) is 17.6 Å². The SMILES string of the molecule is Cc1cccc(-c2noc([C@@H](Cc3ccccc3)NC(=O)CC(C)C)n2)c1. The molecule has 0 saturated carbocycles. The van der Waals surface area contributed by atoms with E-state index in [1.54, 1.807) is 0 Å². The molecule has 1 atom stereocenters. The molecule has 0 aliphatic heterocycles. The number of aromatic nitrogens is 2. The van der Waals surface area contributed by atoms with E-state index in [0.29, 0.717) is 24.6 Å². The molecule has 0 saturated heterocycles. The second-order valence-electron chi connectivity index (χ2n) is 7.23. The molecule has 1 N–H and O–H groups in total. The fraction of sp³-hybridized carbons (Fsp3) is 0.318. The molecule has 3 aromatic rings. The molecule has 0 radical (unpaired) electrons. The van der Waals surface area contributed by atoms with Crippen molar-refractivity contribution in [1.29, 1.82) is 0 Å². The highest BCUT2D eigenvalue weighted by molar-refractivity contribution is 5.76. The first-order chi connectivity index (χ1) is 13.0. The van der Waals surface area contributed by atoms with Gasteiger partial charge in [0.1, 0.15) is 6.04 Å². The Labute approximate surface area is 159 Å². The minimum Gasteiger partial charge on any atom is -0.344 e. The molecule has 0 aliphatic carbocycles. The van der Waals surface area contributed by atoms with Gasteiger partial charge in [0.25, 0.3) is 0 Å². The van der Waals surface area contributed by atoms with Crippen LogP contribution in [-0.4, -0.2) is 16.0 Å². The summed E-state index contributed by atoms with van der Waals surface area (Å²) in [4.78, 5) is 16.9. The highest BCUT2D eigenvalue weighted by atomic mass is 16.5. The summed E-state index contributed by atoms with van der Waals surface area (Å²) in [6.45, 7) is 6.07. The number of carbonyl (C=O) groups excluding carboxylic acids is 1. The normalized spacial score (nSPS) is 12.1. The second-order valence-corrected chi connectivity index (χ2v) is 7.23. The van der Waals surface area contributed by atoms with E-state index >= 15 is 0 Å². The summed E-state index contributed by atoms with van der Waals surface area (Å²) in [5, 5.41) is 7.17. The van der Waals surface area contributed by atoms with Crippen molar-refractivity contribution in [2.75, 3.05) is 0 Å². The molecule has 0 bridgehead atoms. The number of hydrogen-bond donors (Lipinski definition) is 1. The lowest BCUT2D eigenvalue weighted by Gasteiger charge is -2.16. The van der Waals surface area contributed by atoms with Gasteiger partial charge in [-0.25, -0.2) is 0 Å². The first kappa shape index (κ1) is 18.8. The molecule has 1 aromatic heterocycles. The number of rotatable bonds is 7. The fourth-order valence-electron chi connectivity index (χ4n) is 2.95. The van der Waals surface area contributed by atoms with Crippen molar-refractivity contribution in [3.8, 4) is 11.4 Å². The molecule has 5 heteroatoms. The van der Waals surface area contributed by atoms with Gasteiger partial charge >= 0.3 is 0 Å². The van der Waals surface area contributed by atoms with Crippen LogP contribution in [0.25, 0.3) is 11.4 Å². The smallest absolute Gasteiger partial charge is 0.249 e. The molecule has 27 heavy (non-hydrogen) atoms. The Hall–Kier alpha value is -2.95. The Morgan fingerprint density at radius 1 is 1.11 bits per heavy atom. The van der Waals surface area contributed by atoms with Gasteiger partial charge in [0.15, 0.2) is 0 Å². The fourth-order valence-corrected chi connectivity index (χ4v) is 2.95. The van der Waals surface area contributed by atoms with Crippen LogP contribution in [0.3, 0.4) is 0 Å². The van der Waals surface area contributed by atoms with E-state index in [9.17, 15) is 4.79 Å². The molecular weight excluding hydrogens is 338 g/mol. The summed E-state index contributed by atoms with van der Waals surface area (Å²) >= 11 is 0. The molecule has 140 valence electrons. The highest BCUT2D eigenvalue weighted by Crippen LogP contribution is 2.22. The van der Waals surface area contributed by atoms with Gasteiger partial charge in [-0.1, -0.05) is 73.1 Å². The molecule has 0 fully saturated rings. The maximum absolute atomic E-state index is 12.3. The molecule has 1 heterocycles. The minimum absolute atomic E-state index is 0.0127. The van der Waals surface area contributed by atoms with Crippen molar-refractivity contribution < 1.29 is 9.32 Å². The predicted molar refractivity (Wildman–Crippen MR) is 105 cm³/mol. The van der Waals surface area contributed by atoms with Gasteiger partial charge in [-0.2, -0.15) is 4.98 Å². The van der Waals surface area contributed by atoms with E-state index in [4.69, 9.17) is 4.52 Å². The summed E-state index contributed by atoms with van der Waals surface area (Å²) in [5.74, 6) is 1.23. The molecule has 2 aromatic carbocycles. The van der Waals surface area contributed by atoms with Crippen LogP contribution in [-0.2, 0) is 11.2 Å². The highest BCUT2D eigenvalue weighted by Gasteiger charge is 2.22. The molecule has 5 nitrogen and oxygen atoms in total. The van der Waals surface area contributed by atoms with Crippen molar-refractivity contribution in [3.05, 3.63) is 71.6 Å². The number of benzene rings is 2. The van der Waals surface area contributed by atoms with Crippen LogP contribution < -0.4 is 5.32 Å². The van der Waals surface area contributed by atoms with E-state index in [1.807, 2.05) is 75.4 Å². The van der Waals surface area contributed by atoms with Gasteiger partial charge in [0.05, 0.1) is 0 Å².